The van der Waals surface area contributed by atoms with E-state index < -0.39 is 0 Å². The molecule has 0 aliphatic carbocycles. The molecule has 1 heterocycles. The number of esters is 1. The molecule has 0 saturated carbocycles. The summed E-state index contributed by atoms with van der Waals surface area (Å²) in [6.45, 7) is 1.32. The van der Waals surface area contributed by atoms with Crippen molar-refractivity contribution in [1.82, 2.24) is 4.90 Å². The van der Waals surface area contributed by atoms with Crippen LogP contribution < -0.4 is 0 Å². The standard InChI is InChI=1S/C12H23NO2S2/c1-13(2)8-9-15-12(14)6-4-3-5-11-7-10-16-17-11/h11H,3-10H2,1-2H3/t11-/m1/s1. The van der Waals surface area contributed by atoms with Crippen molar-refractivity contribution in [2.24, 2.45) is 0 Å². The molecule has 100 valence electrons. The molecule has 0 aromatic carbocycles. The van der Waals surface area contributed by atoms with Gasteiger partial charge in [0, 0.05) is 24.0 Å². The van der Waals surface area contributed by atoms with Crippen LogP contribution in [0.1, 0.15) is 32.1 Å². The topological polar surface area (TPSA) is 29.5 Å². The van der Waals surface area contributed by atoms with Crippen molar-refractivity contribution in [2.45, 2.75) is 37.4 Å². The van der Waals surface area contributed by atoms with Crippen LogP contribution in [0.2, 0.25) is 0 Å². The number of carbonyl (C=O) groups is 1. The highest BCUT2D eigenvalue weighted by molar-refractivity contribution is 8.77. The number of ether oxygens (including phenoxy) is 1. The zero-order valence-corrected chi connectivity index (χ0v) is 12.4. The number of likely N-dealkylation sites (N-methyl/N-ethyl adjacent to an activating group) is 1. The van der Waals surface area contributed by atoms with Crippen molar-refractivity contribution < 1.29 is 9.53 Å². The van der Waals surface area contributed by atoms with Crippen LogP contribution in [0.25, 0.3) is 0 Å². The van der Waals surface area contributed by atoms with Gasteiger partial charge in [0.05, 0.1) is 0 Å². The van der Waals surface area contributed by atoms with Gasteiger partial charge in [-0.1, -0.05) is 28.0 Å². The van der Waals surface area contributed by atoms with Crippen molar-refractivity contribution in [3.63, 3.8) is 0 Å². The first-order chi connectivity index (χ1) is 8.18. The van der Waals surface area contributed by atoms with Crippen LogP contribution in [-0.4, -0.2) is 49.1 Å². The second-order valence-corrected chi connectivity index (χ2v) is 7.39. The van der Waals surface area contributed by atoms with Crippen molar-refractivity contribution in [2.75, 3.05) is 33.0 Å². The molecule has 0 amide bonds. The molecule has 1 aliphatic heterocycles. The minimum atomic E-state index is -0.0414. The van der Waals surface area contributed by atoms with Crippen LogP contribution in [-0.2, 0) is 9.53 Å². The molecular formula is C12H23NO2S2. The molecule has 1 atom stereocenters. The van der Waals surface area contributed by atoms with E-state index in [9.17, 15) is 4.79 Å². The van der Waals surface area contributed by atoms with E-state index in [4.69, 9.17) is 4.74 Å². The van der Waals surface area contributed by atoms with Gasteiger partial charge in [0.25, 0.3) is 0 Å². The maximum atomic E-state index is 11.4. The average molecular weight is 277 g/mol. The molecule has 0 aromatic rings. The monoisotopic (exact) mass is 277 g/mol. The van der Waals surface area contributed by atoms with E-state index >= 15 is 0 Å². The fourth-order valence-corrected chi connectivity index (χ4v) is 4.65. The van der Waals surface area contributed by atoms with Crippen LogP contribution in [0.15, 0.2) is 0 Å². The Bertz CT molecular complexity index is 219. The Morgan fingerprint density at radius 1 is 1.41 bits per heavy atom. The molecule has 1 aliphatic rings. The predicted octanol–water partition coefficient (Wildman–Crippen LogP) is 2.81. The van der Waals surface area contributed by atoms with Crippen molar-refractivity contribution in [1.29, 1.82) is 0 Å². The largest absolute Gasteiger partial charge is 0.464 e. The predicted molar refractivity (Wildman–Crippen MR) is 76.4 cm³/mol. The van der Waals surface area contributed by atoms with Gasteiger partial charge in [0.15, 0.2) is 0 Å². The second kappa shape index (κ2) is 9.11. The molecule has 0 unspecified atom stereocenters. The van der Waals surface area contributed by atoms with Crippen molar-refractivity contribution in [3.8, 4) is 0 Å². The summed E-state index contributed by atoms with van der Waals surface area (Å²) in [4.78, 5) is 13.4. The minimum absolute atomic E-state index is 0.0414. The third kappa shape index (κ3) is 7.95. The van der Waals surface area contributed by atoms with Crippen LogP contribution in [0.3, 0.4) is 0 Å². The lowest BCUT2D eigenvalue weighted by atomic mass is 10.1. The molecule has 0 bridgehead atoms. The molecule has 1 rings (SSSR count). The third-order valence-electron chi connectivity index (χ3n) is 2.69. The van der Waals surface area contributed by atoms with E-state index in [2.05, 4.69) is 0 Å². The molecule has 1 saturated heterocycles. The zero-order chi connectivity index (χ0) is 12.5. The molecule has 0 aromatic heterocycles. The molecule has 17 heavy (non-hydrogen) atoms. The van der Waals surface area contributed by atoms with Crippen LogP contribution in [0.4, 0.5) is 0 Å². The maximum Gasteiger partial charge on any atom is 0.305 e. The summed E-state index contributed by atoms with van der Waals surface area (Å²) < 4.78 is 5.13. The van der Waals surface area contributed by atoms with E-state index in [1.807, 2.05) is 40.6 Å². The molecule has 0 N–H and O–H groups in total. The van der Waals surface area contributed by atoms with Gasteiger partial charge in [-0.2, -0.15) is 0 Å². The molecule has 0 spiro atoms. The van der Waals surface area contributed by atoms with E-state index in [1.165, 1.54) is 18.6 Å². The zero-order valence-electron chi connectivity index (χ0n) is 10.8. The molecule has 1 fully saturated rings. The lowest BCUT2D eigenvalue weighted by Crippen LogP contribution is -2.20. The first kappa shape index (κ1) is 15.2. The summed E-state index contributed by atoms with van der Waals surface area (Å²) in [5.41, 5.74) is 0. The Morgan fingerprint density at radius 2 is 2.24 bits per heavy atom. The van der Waals surface area contributed by atoms with Gasteiger partial charge in [0.2, 0.25) is 0 Å². The van der Waals surface area contributed by atoms with Crippen LogP contribution in [0, 0.1) is 0 Å². The Hall–Kier alpha value is 0.130. The molecular weight excluding hydrogens is 254 g/mol. The summed E-state index contributed by atoms with van der Waals surface area (Å²) in [5, 5.41) is 0.824. The summed E-state index contributed by atoms with van der Waals surface area (Å²) in [7, 11) is 7.95. The fraction of sp³-hybridized carbons (Fsp3) is 0.917. The van der Waals surface area contributed by atoms with Gasteiger partial charge in [-0.25, -0.2) is 0 Å². The minimum Gasteiger partial charge on any atom is -0.464 e. The average Bonchev–Trinajstić information content (AvgIpc) is 2.76. The number of hydrogen-bond donors (Lipinski definition) is 0. The third-order valence-corrected chi connectivity index (χ3v) is 5.69. The van der Waals surface area contributed by atoms with Gasteiger partial charge in [-0.3, -0.25) is 4.79 Å². The molecule has 0 radical (unpaired) electrons. The Morgan fingerprint density at radius 3 is 2.88 bits per heavy atom. The van der Waals surface area contributed by atoms with E-state index in [0.717, 1.165) is 24.6 Å². The Kier molecular flexibility index (Phi) is 8.14. The van der Waals surface area contributed by atoms with E-state index in [1.54, 1.807) is 0 Å². The van der Waals surface area contributed by atoms with Crippen LogP contribution >= 0.6 is 21.6 Å². The Balaban J connectivity index is 1.89. The summed E-state index contributed by atoms with van der Waals surface area (Å²) in [6.07, 6.45) is 5.30. The van der Waals surface area contributed by atoms with Crippen molar-refractivity contribution in [3.05, 3.63) is 0 Å². The SMILES string of the molecule is CN(C)CCOC(=O)CCCC[C@@H]1CCSS1. The van der Waals surface area contributed by atoms with Gasteiger partial charge in [-0.15, -0.1) is 0 Å². The lowest BCUT2D eigenvalue weighted by molar-refractivity contribution is -0.144. The van der Waals surface area contributed by atoms with E-state index in [0.29, 0.717) is 13.0 Å². The molecule has 5 heteroatoms. The van der Waals surface area contributed by atoms with E-state index in [-0.39, 0.29) is 5.97 Å². The van der Waals surface area contributed by atoms with Gasteiger partial charge < -0.3 is 9.64 Å². The molecule has 3 nitrogen and oxygen atoms in total. The number of carbonyl (C=O) groups excluding carboxylic acids is 1. The van der Waals surface area contributed by atoms with Crippen molar-refractivity contribution >= 4 is 27.6 Å². The van der Waals surface area contributed by atoms with Gasteiger partial charge in [-0.05, 0) is 33.4 Å². The second-order valence-electron chi connectivity index (χ2n) is 4.60. The maximum absolute atomic E-state index is 11.4. The number of nitrogens with zero attached hydrogens (tertiary/aromatic N) is 1. The highest BCUT2D eigenvalue weighted by Gasteiger charge is 2.15. The van der Waals surface area contributed by atoms with Crippen LogP contribution in [0.5, 0.6) is 0 Å². The summed E-state index contributed by atoms with van der Waals surface area (Å²) in [6, 6.07) is 0. The highest BCUT2D eigenvalue weighted by atomic mass is 33.1. The first-order valence-electron chi connectivity index (χ1n) is 6.27. The first-order valence-corrected chi connectivity index (χ1v) is 8.65. The van der Waals surface area contributed by atoms with Gasteiger partial charge in [0.1, 0.15) is 6.61 Å². The fourth-order valence-electron chi connectivity index (χ4n) is 1.62. The number of unbranched alkanes of at least 4 members (excludes halogenated alkanes) is 1. The quantitative estimate of drug-likeness (QED) is 0.387. The summed E-state index contributed by atoms with van der Waals surface area (Å²) in [5.74, 6) is 1.25. The smallest absolute Gasteiger partial charge is 0.305 e. The van der Waals surface area contributed by atoms with Gasteiger partial charge >= 0.3 is 5.97 Å². The lowest BCUT2D eigenvalue weighted by Gasteiger charge is -2.10. The highest BCUT2D eigenvalue weighted by Crippen LogP contribution is 2.39. The Labute approximate surface area is 112 Å². The number of rotatable bonds is 8. The number of hydrogen-bond acceptors (Lipinski definition) is 5. The summed E-state index contributed by atoms with van der Waals surface area (Å²) >= 11 is 0. The normalized spacial score (nSPS) is 19.8.